The van der Waals surface area contributed by atoms with Gasteiger partial charge in [0.05, 0.1) is 24.2 Å². The van der Waals surface area contributed by atoms with E-state index in [0.29, 0.717) is 32.1 Å². The first-order valence-corrected chi connectivity index (χ1v) is 7.87. The molecule has 0 amide bonds. The van der Waals surface area contributed by atoms with Gasteiger partial charge in [-0.05, 0) is 25.8 Å². The van der Waals surface area contributed by atoms with Crippen LogP contribution in [0.3, 0.4) is 0 Å². The lowest BCUT2D eigenvalue weighted by Crippen LogP contribution is -2.31. The molecule has 0 bridgehead atoms. The zero-order valence-corrected chi connectivity index (χ0v) is 11.3. The summed E-state index contributed by atoms with van der Waals surface area (Å²) in [7, 11) is -1.16. The second kappa shape index (κ2) is 8.02. The summed E-state index contributed by atoms with van der Waals surface area (Å²) in [5.74, 6) is 0.361. The fourth-order valence-corrected chi connectivity index (χ4v) is 3.69. The predicted octanol–water partition coefficient (Wildman–Crippen LogP) is 0.206. The second-order valence-electron chi connectivity index (χ2n) is 4.29. The van der Waals surface area contributed by atoms with E-state index in [1.54, 1.807) is 7.11 Å². The van der Waals surface area contributed by atoms with Crippen molar-refractivity contribution < 1.29 is 17.9 Å². The highest BCUT2D eigenvalue weighted by atomic mass is 32.2. The molecule has 1 heterocycles. The van der Waals surface area contributed by atoms with Crippen LogP contribution in [-0.4, -0.2) is 59.4 Å². The standard InChI is InChI=1S/C11H23NO4S/c1-15-7-8-16-6-3-5-12-10-11-4-2-9-17(11,13)14/h11-12H,2-10H2,1H3. The summed E-state index contributed by atoms with van der Waals surface area (Å²) in [6.45, 7) is 3.31. The molecule has 0 spiro atoms. The zero-order chi connectivity index (χ0) is 12.6. The second-order valence-corrected chi connectivity index (χ2v) is 6.69. The lowest BCUT2D eigenvalue weighted by molar-refractivity contribution is 0.0695. The molecule has 1 aliphatic heterocycles. The fraction of sp³-hybridized carbons (Fsp3) is 1.00. The van der Waals surface area contributed by atoms with Gasteiger partial charge in [-0.1, -0.05) is 0 Å². The van der Waals surface area contributed by atoms with E-state index in [0.717, 1.165) is 25.8 Å². The molecule has 0 aromatic heterocycles. The molecule has 1 aliphatic rings. The molecule has 0 saturated carbocycles. The molecule has 0 radical (unpaired) electrons. The van der Waals surface area contributed by atoms with Crippen molar-refractivity contribution in [1.29, 1.82) is 0 Å². The molecule has 102 valence electrons. The monoisotopic (exact) mass is 265 g/mol. The van der Waals surface area contributed by atoms with E-state index < -0.39 is 9.84 Å². The van der Waals surface area contributed by atoms with Crippen LogP contribution < -0.4 is 5.32 Å². The van der Waals surface area contributed by atoms with Crippen LogP contribution in [0.25, 0.3) is 0 Å². The molecule has 6 heteroatoms. The number of methoxy groups -OCH3 is 1. The third kappa shape index (κ3) is 5.81. The number of hydrogen-bond acceptors (Lipinski definition) is 5. The van der Waals surface area contributed by atoms with Gasteiger partial charge >= 0.3 is 0 Å². The summed E-state index contributed by atoms with van der Waals surface area (Å²) < 4.78 is 33.2. The van der Waals surface area contributed by atoms with E-state index in [9.17, 15) is 8.42 Å². The van der Waals surface area contributed by atoms with Crippen LogP contribution in [0.4, 0.5) is 0 Å². The Labute approximate surface area is 104 Å². The fourth-order valence-electron chi connectivity index (χ4n) is 1.89. The highest BCUT2D eigenvalue weighted by Gasteiger charge is 2.30. The van der Waals surface area contributed by atoms with Crippen molar-refractivity contribution in [3.8, 4) is 0 Å². The first-order valence-electron chi connectivity index (χ1n) is 6.16. The molecular formula is C11H23NO4S. The van der Waals surface area contributed by atoms with Crippen LogP contribution in [0, 0.1) is 0 Å². The van der Waals surface area contributed by atoms with Crippen molar-refractivity contribution in [2.24, 2.45) is 0 Å². The van der Waals surface area contributed by atoms with Crippen LogP contribution in [0.1, 0.15) is 19.3 Å². The van der Waals surface area contributed by atoms with E-state index >= 15 is 0 Å². The molecule has 1 fully saturated rings. The van der Waals surface area contributed by atoms with Crippen LogP contribution >= 0.6 is 0 Å². The molecule has 1 saturated heterocycles. The van der Waals surface area contributed by atoms with E-state index in [2.05, 4.69) is 5.32 Å². The summed E-state index contributed by atoms with van der Waals surface area (Å²) in [6.07, 6.45) is 2.52. The van der Waals surface area contributed by atoms with E-state index in [-0.39, 0.29) is 5.25 Å². The molecule has 0 aliphatic carbocycles. The highest BCUT2D eigenvalue weighted by Crippen LogP contribution is 2.18. The Hall–Kier alpha value is -0.170. The van der Waals surface area contributed by atoms with Gasteiger partial charge in [0, 0.05) is 20.3 Å². The number of hydrogen-bond donors (Lipinski definition) is 1. The molecule has 1 rings (SSSR count). The zero-order valence-electron chi connectivity index (χ0n) is 10.5. The van der Waals surface area contributed by atoms with Gasteiger partial charge in [0.1, 0.15) is 0 Å². The third-order valence-corrected chi connectivity index (χ3v) is 5.18. The topological polar surface area (TPSA) is 64.6 Å². The summed E-state index contributed by atoms with van der Waals surface area (Å²) >= 11 is 0. The minimum absolute atomic E-state index is 0.170. The van der Waals surface area contributed by atoms with Crippen molar-refractivity contribution in [3.05, 3.63) is 0 Å². The van der Waals surface area contributed by atoms with Gasteiger partial charge in [-0.25, -0.2) is 8.42 Å². The Balaban J connectivity index is 1.94. The summed E-state index contributed by atoms with van der Waals surface area (Å²) in [5, 5.41) is 3.01. The molecule has 5 nitrogen and oxygen atoms in total. The van der Waals surface area contributed by atoms with Crippen LogP contribution in [0.15, 0.2) is 0 Å². The Morgan fingerprint density at radius 2 is 2.12 bits per heavy atom. The molecule has 17 heavy (non-hydrogen) atoms. The van der Waals surface area contributed by atoms with E-state index in [4.69, 9.17) is 9.47 Å². The Morgan fingerprint density at radius 1 is 1.29 bits per heavy atom. The number of rotatable bonds is 9. The minimum Gasteiger partial charge on any atom is -0.382 e. The molecule has 1 unspecified atom stereocenters. The largest absolute Gasteiger partial charge is 0.382 e. The van der Waals surface area contributed by atoms with Gasteiger partial charge in [-0.2, -0.15) is 0 Å². The van der Waals surface area contributed by atoms with Gasteiger partial charge in [0.15, 0.2) is 9.84 Å². The summed E-state index contributed by atoms with van der Waals surface area (Å²) in [5.41, 5.74) is 0. The van der Waals surface area contributed by atoms with Gasteiger partial charge in [0.25, 0.3) is 0 Å². The average molecular weight is 265 g/mol. The Morgan fingerprint density at radius 3 is 2.76 bits per heavy atom. The van der Waals surface area contributed by atoms with Gasteiger partial charge in [-0.15, -0.1) is 0 Å². The third-order valence-electron chi connectivity index (χ3n) is 2.91. The van der Waals surface area contributed by atoms with Crippen molar-refractivity contribution >= 4 is 9.84 Å². The SMILES string of the molecule is COCCOCCCNCC1CCCS1(=O)=O. The summed E-state index contributed by atoms with van der Waals surface area (Å²) in [4.78, 5) is 0. The highest BCUT2D eigenvalue weighted by molar-refractivity contribution is 7.92. The first-order chi connectivity index (χ1) is 8.17. The number of nitrogens with one attached hydrogen (secondary N) is 1. The lowest BCUT2D eigenvalue weighted by atomic mass is 10.2. The lowest BCUT2D eigenvalue weighted by Gasteiger charge is -2.10. The first kappa shape index (κ1) is 14.9. The maximum Gasteiger partial charge on any atom is 0.154 e. The molecule has 1 atom stereocenters. The number of sulfone groups is 1. The summed E-state index contributed by atoms with van der Waals surface area (Å²) in [6, 6.07) is 0. The van der Waals surface area contributed by atoms with Gasteiger partial charge in [0.2, 0.25) is 0 Å². The van der Waals surface area contributed by atoms with E-state index in [1.807, 2.05) is 0 Å². The predicted molar refractivity (Wildman–Crippen MR) is 67.0 cm³/mol. The maximum absolute atomic E-state index is 11.5. The van der Waals surface area contributed by atoms with E-state index in [1.165, 1.54) is 0 Å². The van der Waals surface area contributed by atoms with Crippen molar-refractivity contribution in [3.63, 3.8) is 0 Å². The Kier molecular flexibility index (Phi) is 7.03. The maximum atomic E-state index is 11.5. The van der Waals surface area contributed by atoms with Gasteiger partial charge < -0.3 is 14.8 Å². The van der Waals surface area contributed by atoms with Crippen molar-refractivity contribution in [1.82, 2.24) is 5.32 Å². The number of ether oxygens (including phenoxy) is 2. The Bertz CT molecular complexity index is 292. The molecule has 0 aromatic rings. The molecule has 1 N–H and O–H groups in total. The smallest absolute Gasteiger partial charge is 0.154 e. The van der Waals surface area contributed by atoms with Crippen LogP contribution in [0.5, 0.6) is 0 Å². The van der Waals surface area contributed by atoms with Gasteiger partial charge in [-0.3, -0.25) is 0 Å². The average Bonchev–Trinajstić information content (AvgIpc) is 2.62. The molecule has 0 aromatic carbocycles. The van der Waals surface area contributed by atoms with Crippen LogP contribution in [-0.2, 0) is 19.3 Å². The van der Waals surface area contributed by atoms with Crippen LogP contribution in [0.2, 0.25) is 0 Å². The quantitative estimate of drug-likeness (QED) is 0.604. The van der Waals surface area contributed by atoms with Crippen molar-refractivity contribution in [2.75, 3.05) is 45.8 Å². The minimum atomic E-state index is -2.80. The normalized spacial score (nSPS) is 23.0. The van der Waals surface area contributed by atoms with Crippen molar-refractivity contribution in [2.45, 2.75) is 24.5 Å². The molecular weight excluding hydrogens is 242 g/mol.